The van der Waals surface area contributed by atoms with Crippen LogP contribution in [0.25, 0.3) is 0 Å². The van der Waals surface area contributed by atoms with Gasteiger partial charge in [0.05, 0.1) is 5.75 Å². The van der Waals surface area contributed by atoms with E-state index >= 15 is 0 Å². The zero-order valence-corrected chi connectivity index (χ0v) is 14.1. The summed E-state index contributed by atoms with van der Waals surface area (Å²) in [5.41, 5.74) is 1.56. The minimum absolute atomic E-state index is 0.0518. The van der Waals surface area contributed by atoms with E-state index in [9.17, 15) is 13.2 Å². The smallest absolute Gasteiger partial charge is 0.251 e. The van der Waals surface area contributed by atoms with Gasteiger partial charge >= 0.3 is 0 Å². The van der Waals surface area contributed by atoms with Crippen LogP contribution in [0.5, 0.6) is 5.75 Å². The number of carbonyl (C=O) groups is 1. The van der Waals surface area contributed by atoms with E-state index in [-0.39, 0.29) is 24.3 Å². The number of amides is 1. The van der Waals surface area contributed by atoms with Crippen LogP contribution in [-0.4, -0.2) is 50.1 Å². The zero-order chi connectivity index (χ0) is 16.4. The van der Waals surface area contributed by atoms with Crippen molar-refractivity contribution < 1.29 is 17.9 Å². The Balaban J connectivity index is 1.55. The SMILES string of the molecule is C[C@H]1Cc2cc(C(=O)NCCS(=O)(=O)N3CCCC3)ccc2O1. The third-order valence-electron chi connectivity index (χ3n) is 4.26. The van der Waals surface area contributed by atoms with Crippen LogP contribution in [0.15, 0.2) is 18.2 Å². The standard InChI is InChI=1S/C16H22N2O4S/c1-12-10-14-11-13(4-5-15(14)22-12)16(19)17-6-9-23(20,21)18-7-2-3-8-18/h4-5,11-12H,2-3,6-10H2,1H3,(H,17,19)/t12-/m0/s1. The lowest BCUT2D eigenvalue weighted by Crippen LogP contribution is -2.36. The van der Waals surface area contributed by atoms with Gasteiger partial charge in [-0.25, -0.2) is 12.7 Å². The lowest BCUT2D eigenvalue weighted by molar-refractivity contribution is 0.0956. The summed E-state index contributed by atoms with van der Waals surface area (Å²) in [6.07, 6.45) is 2.76. The van der Waals surface area contributed by atoms with Crippen LogP contribution in [0.2, 0.25) is 0 Å². The van der Waals surface area contributed by atoms with Crippen LogP contribution in [0.1, 0.15) is 35.7 Å². The fourth-order valence-corrected chi connectivity index (χ4v) is 4.49. The monoisotopic (exact) mass is 338 g/mol. The fraction of sp³-hybridized carbons (Fsp3) is 0.562. The Hall–Kier alpha value is -1.60. The van der Waals surface area contributed by atoms with Crippen molar-refractivity contribution in [2.45, 2.75) is 32.3 Å². The number of hydrogen-bond donors (Lipinski definition) is 1. The summed E-state index contributed by atoms with van der Waals surface area (Å²) in [6, 6.07) is 5.33. The van der Waals surface area contributed by atoms with Crippen LogP contribution < -0.4 is 10.1 Å². The minimum Gasteiger partial charge on any atom is -0.490 e. The summed E-state index contributed by atoms with van der Waals surface area (Å²) in [5.74, 6) is 0.527. The van der Waals surface area contributed by atoms with Crippen molar-refractivity contribution in [2.24, 2.45) is 0 Å². The van der Waals surface area contributed by atoms with E-state index in [1.807, 2.05) is 13.0 Å². The Bertz CT molecular complexity index is 696. The van der Waals surface area contributed by atoms with Gasteiger partial charge in [0.15, 0.2) is 0 Å². The quantitative estimate of drug-likeness (QED) is 0.874. The number of nitrogens with zero attached hydrogens (tertiary/aromatic N) is 1. The van der Waals surface area contributed by atoms with Crippen LogP contribution in [-0.2, 0) is 16.4 Å². The van der Waals surface area contributed by atoms with E-state index in [0.29, 0.717) is 18.7 Å². The molecule has 23 heavy (non-hydrogen) atoms. The van der Waals surface area contributed by atoms with Gasteiger partial charge in [-0.1, -0.05) is 0 Å². The molecule has 0 radical (unpaired) electrons. The summed E-state index contributed by atoms with van der Waals surface area (Å²) >= 11 is 0. The van der Waals surface area contributed by atoms with Gasteiger partial charge in [-0.2, -0.15) is 0 Å². The second-order valence-corrected chi connectivity index (χ2v) is 8.22. The topological polar surface area (TPSA) is 75.7 Å². The van der Waals surface area contributed by atoms with Gasteiger partial charge < -0.3 is 10.1 Å². The van der Waals surface area contributed by atoms with Crippen molar-refractivity contribution in [1.29, 1.82) is 0 Å². The molecule has 2 aliphatic rings. The number of fused-ring (bicyclic) bond motifs is 1. The van der Waals surface area contributed by atoms with Crippen molar-refractivity contribution in [3.63, 3.8) is 0 Å². The Morgan fingerprint density at radius 2 is 2.09 bits per heavy atom. The first-order valence-electron chi connectivity index (χ1n) is 8.01. The van der Waals surface area contributed by atoms with E-state index < -0.39 is 10.0 Å². The molecule has 2 heterocycles. The summed E-state index contributed by atoms with van der Waals surface area (Å²) < 4.78 is 31.3. The highest BCUT2D eigenvalue weighted by atomic mass is 32.2. The first-order chi connectivity index (χ1) is 11.0. The molecular weight excluding hydrogens is 316 g/mol. The lowest BCUT2D eigenvalue weighted by atomic mass is 10.1. The van der Waals surface area contributed by atoms with E-state index in [4.69, 9.17) is 4.74 Å². The van der Waals surface area contributed by atoms with Crippen LogP contribution in [0.4, 0.5) is 0 Å². The van der Waals surface area contributed by atoms with Gasteiger partial charge in [0.1, 0.15) is 11.9 Å². The van der Waals surface area contributed by atoms with E-state index in [2.05, 4.69) is 5.32 Å². The van der Waals surface area contributed by atoms with Crippen molar-refractivity contribution >= 4 is 15.9 Å². The highest BCUT2D eigenvalue weighted by Gasteiger charge is 2.25. The summed E-state index contributed by atoms with van der Waals surface area (Å²) in [6.45, 7) is 3.31. The predicted octanol–water partition coefficient (Wildman–Crippen LogP) is 1.17. The number of carbonyl (C=O) groups excluding carboxylic acids is 1. The molecule has 1 saturated heterocycles. The average Bonchev–Trinajstić information content (AvgIpc) is 3.14. The third kappa shape index (κ3) is 3.67. The van der Waals surface area contributed by atoms with Crippen molar-refractivity contribution in [3.05, 3.63) is 29.3 Å². The summed E-state index contributed by atoms with van der Waals surface area (Å²) in [5, 5.41) is 2.70. The van der Waals surface area contributed by atoms with Crippen molar-refractivity contribution in [3.8, 4) is 5.75 Å². The molecule has 0 saturated carbocycles. The molecule has 1 aromatic rings. The second kappa shape index (κ2) is 6.49. The Morgan fingerprint density at radius 1 is 1.35 bits per heavy atom. The molecule has 6 nitrogen and oxygen atoms in total. The molecule has 1 fully saturated rings. The second-order valence-electron chi connectivity index (χ2n) is 6.13. The molecule has 0 spiro atoms. The van der Waals surface area contributed by atoms with Crippen molar-refractivity contribution in [1.82, 2.24) is 9.62 Å². The molecule has 7 heteroatoms. The number of ether oxygens (including phenoxy) is 1. The van der Waals surface area contributed by atoms with Gasteiger partial charge in [0.25, 0.3) is 5.91 Å². The van der Waals surface area contributed by atoms with E-state index in [0.717, 1.165) is 30.6 Å². The number of nitrogens with one attached hydrogen (secondary N) is 1. The van der Waals surface area contributed by atoms with Gasteiger partial charge in [0, 0.05) is 31.6 Å². The van der Waals surface area contributed by atoms with Crippen molar-refractivity contribution in [2.75, 3.05) is 25.4 Å². The molecular formula is C16H22N2O4S. The molecule has 1 atom stereocenters. The highest BCUT2D eigenvalue weighted by molar-refractivity contribution is 7.89. The van der Waals surface area contributed by atoms with E-state index in [1.54, 1.807) is 12.1 Å². The van der Waals surface area contributed by atoms with Crippen LogP contribution in [0, 0.1) is 0 Å². The molecule has 0 unspecified atom stereocenters. The molecule has 0 aromatic heterocycles. The first kappa shape index (κ1) is 16.3. The molecule has 3 rings (SSSR count). The molecule has 126 valence electrons. The molecule has 1 N–H and O–H groups in total. The lowest BCUT2D eigenvalue weighted by Gasteiger charge is -2.15. The van der Waals surface area contributed by atoms with Crippen LogP contribution in [0.3, 0.4) is 0 Å². The molecule has 2 aliphatic heterocycles. The van der Waals surface area contributed by atoms with Gasteiger partial charge in [-0.15, -0.1) is 0 Å². The Labute approximate surface area is 136 Å². The predicted molar refractivity (Wildman–Crippen MR) is 87.2 cm³/mol. The maximum Gasteiger partial charge on any atom is 0.251 e. The van der Waals surface area contributed by atoms with E-state index in [1.165, 1.54) is 4.31 Å². The summed E-state index contributed by atoms with van der Waals surface area (Å²) in [4.78, 5) is 12.2. The summed E-state index contributed by atoms with van der Waals surface area (Å²) in [7, 11) is -3.26. The Morgan fingerprint density at radius 3 is 2.83 bits per heavy atom. The van der Waals surface area contributed by atoms with Gasteiger partial charge in [-0.3, -0.25) is 4.79 Å². The largest absolute Gasteiger partial charge is 0.490 e. The maximum absolute atomic E-state index is 12.2. The average molecular weight is 338 g/mol. The third-order valence-corrected chi connectivity index (χ3v) is 6.13. The number of hydrogen-bond acceptors (Lipinski definition) is 4. The maximum atomic E-state index is 12.2. The number of rotatable bonds is 5. The highest BCUT2D eigenvalue weighted by Crippen LogP contribution is 2.29. The van der Waals surface area contributed by atoms with Gasteiger partial charge in [0.2, 0.25) is 10.0 Å². The first-order valence-corrected chi connectivity index (χ1v) is 9.62. The van der Waals surface area contributed by atoms with Gasteiger partial charge in [-0.05, 0) is 43.5 Å². The molecule has 1 aromatic carbocycles. The Kier molecular flexibility index (Phi) is 4.59. The molecule has 0 bridgehead atoms. The number of sulfonamides is 1. The molecule has 0 aliphatic carbocycles. The normalized spacial score (nSPS) is 21.0. The minimum atomic E-state index is -3.26. The van der Waals surface area contributed by atoms with Crippen LogP contribution >= 0.6 is 0 Å². The fourth-order valence-electron chi connectivity index (χ4n) is 3.05. The zero-order valence-electron chi connectivity index (χ0n) is 13.2. The number of benzene rings is 1. The molecule has 1 amide bonds.